The summed E-state index contributed by atoms with van der Waals surface area (Å²) in [7, 11) is 0. The Bertz CT molecular complexity index is 500. The zero-order valence-electron chi connectivity index (χ0n) is 9.32. The van der Waals surface area contributed by atoms with Gasteiger partial charge in [-0.05, 0) is 37.2 Å². The van der Waals surface area contributed by atoms with Gasteiger partial charge in [-0.25, -0.2) is 4.98 Å². The third-order valence-electron chi connectivity index (χ3n) is 3.09. The van der Waals surface area contributed by atoms with Crippen molar-refractivity contribution in [2.75, 3.05) is 13.1 Å². The molecule has 1 fully saturated rings. The van der Waals surface area contributed by atoms with Crippen molar-refractivity contribution in [3.8, 4) is 11.5 Å². The van der Waals surface area contributed by atoms with Gasteiger partial charge in [0.1, 0.15) is 6.26 Å². The second-order valence-electron chi connectivity index (χ2n) is 4.27. The van der Waals surface area contributed by atoms with Gasteiger partial charge in [0.05, 0.1) is 5.69 Å². The van der Waals surface area contributed by atoms with Gasteiger partial charge in [-0.1, -0.05) is 11.6 Å². The highest BCUT2D eigenvalue weighted by molar-refractivity contribution is 6.30. The predicted octanol–water partition coefficient (Wildman–Crippen LogP) is 3.07. The number of halogens is 1. The monoisotopic (exact) mass is 248 g/mol. The van der Waals surface area contributed by atoms with E-state index in [1.54, 1.807) is 6.26 Å². The number of benzene rings is 1. The Labute approximate surface area is 105 Å². The Hall–Kier alpha value is -1.32. The molecule has 1 N–H and O–H groups in total. The fourth-order valence-electron chi connectivity index (χ4n) is 2.11. The molecule has 1 aliphatic heterocycles. The molecule has 0 saturated carbocycles. The lowest BCUT2D eigenvalue weighted by Crippen LogP contribution is -2.08. The van der Waals surface area contributed by atoms with E-state index in [1.807, 2.05) is 24.3 Å². The molecule has 1 aromatic carbocycles. The van der Waals surface area contributed by atoms with Gasteiger partial charge in [0.25, 0.3) is 0 Å². The molecule has 88 valence electrons. The highest BCUT2D eigenvalue weighted by Gasteiger charge is 2.20. The van der Waals surface area contributed by atoms with E-state index < -0.39 is 0 Å². The Morgan fingerprint density at radius 1 is 1.29 bits per heavy atom. The second-order valence-corrected chi connectivity index (χ2v) is 4.71. The van der Waals surface area contributed by atoms with Crippen molar-refractivity contribution in [3.05, 3.63) is 41.2 Å². The van der Waals surface area contributed by atoms with E-state index in [0.717, 1.165) is 35.8 Å². The Morgan fingerprint density at radius 2 is 2.12 bits per heavy atom. The molecule has 0 bridgehead atoms. The minimum atomic E-state index is 0.486. The lowest BCUT2D eigenvalue weighted by molar-refractivity contribution is 0.570. The first-order valence-corrected chi connectivity index (χ1v) is 6.13. The van der Waals surface area contributed by atoms with Crippen molar-refractivity contribution >= 4 is 11.6 Å². The summed E-state index contributed by atoms with van der Waals surface area (Å²) in [4.78, 5) is 4.54. The summed E-state index contributed by atoms with van der Waals surface area (Å²) >= 11 is 5.85. The number of nitrogens with zero attached hydrogens (tertiary/aromatic N) is 1. The van der Waals surface area contributed by atoms with Crippen molar-refractivity contribution in [2.24, 2.45) is 0 Å². The van der Waals surface area contributed by atoms with Gasteiger partial charge >= 0.3 is 0 Å². The van der Waals surface area contributed by atoms with Crippen LogP contribution in [0.1, 0.15) is 18.0 Å². The third kappa shape index (κ3) is 2.21. The number of rotatable bonds is 2. The van der Waals surface area contributed by atoms with Crippen molar-refractivity contribution in [1.82, 2.24) is 10.3 Å². The normalized spacial score (nSPS) is 19.7. The molecule has 1 unspecified atom stereocenters. The van der Waals surface area contributed by atoms with Crippen LogP contribution in [0.5, 0.6) is 0 Å². The Morgan fingerprint density at radius 3 is 2.82 bits per heavy atom. The molecular weight excluding hydrogens is 236 g/mol. The quantitative estimate of drug-likeness (QED) is 0.888. The van der Waals surface area contributed by atoms with Crippen LogP contribution in [-0.4, -0.2) is 18.1 Å². The highest BCUT2D eigenvalue weighted by atomic mass is 35.5. The Balaban J connectivity index is 1.86. The van der Waals surface area contributed by atoms with E-state index in [4.69, 9.17) is 16.0 Å². The van der Waals surface area contributed by atoms with E-state index in [-0.39, 0.29) is 0 Å². The molecule has 1 aliphatic rings. The molecule has 3 nitrogen and oxygen atoms in total. The Kier molecular flexibility index (Phi) is 2.87. The SMILES string of the molecule is Clc1ccc(-c2nc(C3CCNC3)co2)cc1. The summed E-state index contributed by atoms with van der Waals surface area (Å²) in [6, 6.07) is 7.53. The topological polar surface area (TPSA) is 38.1 Å². The average Bonchev–Trinajstić information content (AvgIpc) is 3.00. The lowest BCUT2D eigenvalue weighted by atomic mass is 10.1. The summed E-state index contributed by atoms with van der Waals surface area (Å²) in [5, 5.41) is 4.05. The fraction of sp³-hybridized carbons (Fsp3) is 0.308. The molecule has 1 atom stereocenters. The van der Waals surface area contributed by atoms with Gasteiger partial charge in [-0.2, -0.15) is 0 Å². The van der Waals surface area contributed by atoms with Gasteiger partial charge in [0.2, 0.25) is 5.89 Å². The predicted molar refractivity (Wildman–Crippen MR) is 67.2 cm³/mol. The first-order valence-electron chi connectivity index (χ1n) is 5.75. The molecule has 17 heavy (non-hydrogen) atoms. The largest absolute Gasteiger partial charge is 0.444 e. The van der Waals surface area contributed by atoms with E-state index in [0.29, 0.717) is 11.8 Å². The summed E-state index contributed by atoms with van der Waals surface area (Å²) in [6.07, 6.45) is 2.90. The van der Waals surface area contributed by atoms with Crippen LogP contribution in [0.2, 0.25) is 5.02 Å². The van der Waals surface area contributed by atoms with Crippen molar-refractivity contribution in [3.63, 3.8) is 0 Å². The lowest BCUT2D eigenvalue weighted by Gasteiger charge is -2.00. The molecule has 2 heterocycles. The molecule has 1 saturated heterocycles. The first-order chi connectivity index (χ1) is 8.33. The number of oxazole rings is 1. The molecule has 3 rings (SSSR count). The standard InChI is InChI=1S/C13H13ClN2O/c14-11-3-1-9(2-4-11)13-16-12(8-17-13)10-5-6-15-7-10/h1-4,8,10,15H,5-7H2. The maximum Gasteiger partial charge on any atom is 0.226 e. The number of nitrogens with one attached hydrogen (secondary N) is 1. The van der Waals surface area contributed by atoms with Crippen LogP contribution in [0, 0.1) is 0 Å². The van der Waals surface area contributed by atoms with Crippen LogP contribution in [-0.2, 0) is 0 Å². The van der Waals surface area contributed by atoms with Crippen molar-refractivity contribution in [1.29, 1.82) is 0 Å². The fourth-order valence-corrected chi connectivity index (χ4v) is 2.23. The zero-order chi connectivity index (χ0) is 11.7. The van der Waals surface area contributed by atoms with E-state index in [1.165, 1.54) is 0 Å². The molecule has 0 aliphatic carbocycles. The van der Waals surface area contributed by atoms with Crippen molar-refractivity contribution < 1.29 is 4.42 Å². The number of hydrogen-bond donors (Lipinski definition) is 1. The van der Waals surface area contributed by atoms with E-state index >= 15 is 0 Å². The van der Waals surface area contributed by atoms with Crippen LogP contribution >= 0.6 is 11.6 Å². The molecule has 4 heteroatoms. The molecular formula is C13H13ClN2O. The zero-order valence-corrected chi connectivity index (χ0v) is 10.1. The molecule has 0 radical (unpaired) electrons. The van der Waals surface area contributed by atoms with Crippen LogP contribution in [0.15, 0.2) is 34.9 Å². The maximum absolute atomic E-state index is 5.85. The second kappa shape index (κ2) is 4.51. The van der Waals surface area contributed by atoms with E-state index in [2.05, 4.69) is 10.3 Å². The van der Waals surface area contributed by atoms with Crippen LogP contribution in [0.3, 0.4) is 0 Å². The number of aromatic nitrogens is 1. The van der Waals surface area contributed by atoms with Crippen LogP contribution in [0.4, 0.5) is 0 Å². The average molecular weight is 249 g/mol. The van der Waals surface area contributed by atoms with Crippen molar-refractivity contribution in [2.45, 2.75) is 12.3 Å². The summed E-state index contributed by atoms with van der Waals surface area (Å²) in [5.74, 6) is 1.16. The van der Waals surface area contributed by atoms with Gasteiger partial charge in [0.15, 0.2) is 0 Å². The van der Waals surface area contributed by atoms with Gasteiger partial charge < -0.3 is 9.73 Å². The van der Waals surface area contributed by atoms with Gasteiger partial charge in [-0.15, -0.1) is 0 Å². The minimum absolute atomic E-state index is 0.486. The molecule has 0 spiro atoms. The van der Waals surface area contributed by atoms with Gasteiger partial charge in [0, 0.05) is 23.0 Å². The first kappa shape index (κ1) is 10.8. The van der Waals surface area contributed by atoms with Gasteiger partial charge in [-0.3, -0.25) is 0 Å². The van der Waals surface area contributed by atoms with Crippen LogP contribution < -0.4 is 5.32 Å². The minimum Gasteiger partial charge on any atom is -0.444 e. The smallest absolute Gasteiger partial charge is 0.226 e. The summed E-state index contributed by atoms with van der Waals surface area (Å²) in [5.41, 5.74) is 2.01. The maximum atomic E-state index is 5.85. The highest BCUT2D eigenvalue weighted by Crippen LogP contribution is 2.26. The summed E-state index contributed by atoms with van der Waals surface area (Å²) in [6.45, 7) is 2.06. The number of hydrogen-bond acceptors (Lipinski definition) is 3. The van der Waals surface area contributed by atoms with Crippen LogP contribution in [0.25, 0.3) is 11.5 Å². The molecule has 0 amide bonds. The molecule has 1 aromatic heterocycles. The summed E-state index contributed by atoms with van der Waals surface area (Å²) < 4.78 is 5.52. The van der Waals surface area contributed by atoms with E-state index in [9.17, 15) is 0 Å². The third-order valence-corrected chi connectivity index (χ3v) is 3.34. The molecule has 2 aromatic rings.